The highest BCUT2D eigenvalue weighted by molar-refractivity contribution is 5.94. The van der Waals surface area contributed by atoms with Gasteiger partial charge in [-0.15, -0.1) is 13.2 Å². The van der Waals surface area contributed by atoms with Gasteiger partial charge in [0.1, 0.15) is 17.2 Å². The summed E-state index contributed by atoms with van der Waals surface area (Å²) in [5.41, 5.74) is -0.684. The minimum atomic E-state index is -4.96. The Hall–Kier alpha value is -2.43. The lowest BCUT2D eigenvalue weighted by atomic mass is 10.1. The first-order chi connectivity index (χ1) is 9.34. The SMILES string of the molecule is CCOC(=O)c1ccc(OC(F)(F)F)c(C#N)c1OC. The fourth-order valence-electron chi connectivity index (χ4n) is 1.46. The molecule has 0 unspecified atom stereocenters. The molecule has 1 aromatic rings. The average Bonchev–Trinajstić information content (AvgIpc) is 2.36. The van der Waals surface area contributed by atoms with Gasteiger partial charge in [-0.3, -0.25) is 0 Å². The Labute approximate surface area is 112 Å². The van der Waals surface area contributed by atoms with Crippen LogP contribution >= 0.6 is 0 Å². The van der Waals surface area contributed by atoms with E-state index < -0.39 is 23.6 Å². The molecular formula is C12H10F3NO4. The van der Waals surface area contributed by atoms with E-state index in [1.807, 2.05) is 0 Å². The molecule has 0 aliphatic rings. The summed E-state index contributed by atoms with van der Waals surface area (Å²) in [4.78, 5) is 11.6. The van der Waals surface area contributed by atoms with Crippen LogP contribution in [0.2, 0.25) is 0 Å². The van der Waals surface area contributed by atoms with E-state index in [0.29, 0.717) is 0 Å². The molecule has 0 spiro atoms. The summed E-state index contributed by atoms with van der Waals surface area (Å²) >= 11 is 0. The van der Waals surface area contributed by atoms with Crippen LogP contribution in [0.5, 0.6) is 11.5 Å². The summed E-state index contributed by atoms with van der Waals surface area (Å²) in [6.45, 7) is 1.64. The zero-order chi connectivity index (χ0) is 15.3. The number of halogens is 3. The van der Waals surface area contributed by atoms with E-state index in [1.54, 1.807) is 6.92 Å². The monoisotopic (exact) mass is 289 g/mol. The summed E-state index contributed by atoms with van der Waals surface area (Å²) in [6, 6.07) is 3.42. The number of alkyl halides is 3. The van der Waals surface area contributed by atoms with Crippen LogP contribution in [0.1, 0.15) is 22.8 Å². The van der Waals surface area contributed by atoms with Crippen molar-refractivity contribution in [3.05, 3.63) is 23.3 Å². The number of ether oxygens (including phenoxy) is 3. The molecule has 0 aliphatic carbocycles. The third-order valence-corrected chi connectivity index (χ3v) is 2.16. The summed E-state index contributed by atoms with van der Waals surface area (Å²) in [6.07, 6.45) is -4.96. The zero-order valence-corrected chi connectivity index (χ0v) is 10.6. The largest absolute Gasteiger partial charge is 0.573 e. The van der Waals surface area contributed by atoms with Crippen molar-refractivity contribution in [2.24, 2.45) is 0 Å². The summed E-state index contributed by atoms with van der Waals surface area (Å²) in [5, 5.41) is 8.93. The van der Waals surface area contributed by atoms with Gasteiger partial charge in [0.15, 0.2) is 11.5 Å². The maximum Gasteiger partial charge on any atom is 0.573 e. The number of carbonyl (C=O) groups excluding carboxylic acids is 1. The van der Waals surface area contributed by atoms with Gasteiger partial charge < -0.3 is 14.2 Å². The van der Waals surface area contributed by atoms with Gasteiger partial charge in [0.05, 0.1) is 13.7 Å². The molecule has 5 nitrogen and oxygen atoms in total. The minimum Gasteiger partial charge on any atom is -0.494 e. The Balaban J connectivity index is 3.34. The first-order valence-electron chi connectivity index (χ1n) is 5.38. The Morgan fingerprint density at radius 2 is 2.05 bits per heavy atom. The van der Waals surface area contributed by atoms with Crippen LogP contribution in [-0.2, 0) is 4.74 Å². The third-order valence-electron chi connectivity index (χ3n) is 2.16. The van der Waals surface area contributed by atoms with Crippen LogP contribution in [0.3, 0.4) is 0 Å². The molecular weight excluding hydrogens is 279 g/mol. The highest BCUT2D eigenvalue weighted by Gasteiger charge is 2.33. The quantitative estimate of drug-likeness (QED) is 0.797. The number of nitrogens with zero attached hydrogens (tertiary/aromatic N) is 1. The molecule has 0 N–H and O–H groups in total. The Bertz CT molecular complexity index is 549. The fourth-order valence-corrected chi connectivity index (χ4v) is 1.46. The number of rotatable bonds is 4. The average molecular weight is 289 g/mol. The van der Waals surface area contributed by atoms with E-state index in [9.17, 15) is 18.0 Å². The minimum absolute atomic E-state index is 0.0741. The van der Waals surface area contributed by atoms with Gasteiger partial charge in [0, 0.05) is 0 Å². The zero-order valence-electron chi connectivity index (χ0n) is 10.6. The Morgan fingerprint density at radius 3 is 2.50 bits per heavy atom. The molecule has 0 heterocycles. The van der Waals surface area contributed by atoms with Gasteiger partial charge in [-0.25, -0.2) is 4.79 Å². The maximum atomic E-state index is 12.2. The molecule has 0 fully saturated rings. The molecule has 20 heavy (non-hydrogen) atoms. The second kappa shape index (κ2) is 6.14. The predicted octanol–water partition coefficient (Wildman–Crippen LogP) is 2.64. The maximum absolute atomic E-state index is 12.2. The number of benzene rings is 1. The van der Waals surface area contributed by atoms with Crippen LogP contribution in [-0.4, -0.2) is 26.0 Å². The standard InChI is InChI=1S/C12H10F3NO4/c1-3-19-11(17)7-4-5-9(20-12(13,14)15)8(6-16)10(7)18-2/h4-5H,3H2,1-2H3. The predicted molar refractivity (Wildman–Crippen MR) is 60.3 cm³/mol. The highest BCUT2D eigenvalue weighted by Crippen LogP contribution is 2.35. The van der Waals surface area contributed by atoms with Crippen molar-refractivity contribution in [2.45, 2.75) is 13.3 Å². The molecule has 108 valence electrons. The molecule has 0 radical (unpaired) electrons. The van der Waals surface area contributed by atoms with Gasteiger partial charge in [0.25, 0.3) is 0 Å². The molecule has 1 aromatic carbocycles. The smallest absolute Gasteiger partial charge is 0.494 e. The molecule has 0 atom stereocenters. The lowest BCUT2D eigenvalue weighted by Crippen LogP contribution is -2.18. The van der Waals surface area contributed by atoms with E-state index in [4.69, 9.17) is 14.7 Å². The van der Waals surface area contributed by atoms with Crippen LogP contribution in [0.15, 0.2) is 12.1 Å². The second-order valence-electron chi connectivity index (χ2n) is 3.40. The third kappa shape index (κ3) is 3.54. The normalized spacial score (nSPS) is 10.6. The van der Waals surface area contributed by atoms with Crippen molar-refractivity contribution in [3.8, 4) is 17.6 Å². The fraction of sp³-hybridized carbons (Fsp3) is 0.333. The second-order valence-corrected chi connectivity index (χ2v) is 3.40. The van der Waals surface area contributed by atoms with Crippen LogP contribution < -0.4 is 9.47 Å². The number of carbonyl (C=O) groups is 1. The van der Waals surface area contributed by atoms with Crippen LogP contribution in [0, 0.1) is 11.3 Å². The van der Waals surface area contributed by atoms with E-state index in [-0.39, 0.29) is 17.9 Å². The summed E-state index contributed by atoms with van der Waals surface area (Å²) in [7, 11) is 1.12. The van der Waals surface area contributed by atoms with Gasteiger partial charge in [-0.05, 0) is 19.1 Å². The number of esters is 1. The topological polar surface area (TPSA) is 68.5 Å². The molecule has 0 aromatic heterocycles. The van der Waals surface area contributed by atoms with Crippen molar-refractivity contribution < 1.29 is 32.2 Å². The molecule has 0 saturated carbocycles. The molecule has 0 amide bonds. The lowest BCUT2D eigenvalue weighted by molar-refractivity contribution is -0.274. The van der Waals surface area contributed by atoms with E-state index in [0.717, 1.165) is 19.2 Å². The molecule has 8 heteroatoms. The van der Waals surface area contributed by atoms with Gasteiger partial charge in [0.2, 0.25) is 0 Å². The van der Waals surface area contributed by atoms with Gasteiger partial charge in [-0.2, -0.15) is 5.26 Å². The van der Waals surface area contributed by atoms with Crippen molar-refractivity contribution >= 4 is 5.97 Å². The van der Waals surface area contributed by atoms with Crippen LogP contribution in [0.25, 0.3) is 0 Å². The number of nitriles is 1. The Kier molecular flexibility index (Phi) is 4.80. The number of hydrogen-bond donors (Lipinski definition) is 0. The van der Waals surface area contributed by atoms with Gasteiger partial charge >= 0.3 is 12.3 Å². The first kappa shape index (κ1) is 15.6. The first-order valence-corrected chi connectivity index (χ1v) is 5.38. The van der Waals surface area contributed by atoms with Crippen molar-refractivity contribution in [3.63, 3.8) is 0 Å². The van der Waals surface area contributed by atoms with E-state index >= 15 is 0 Å². The number of hydrogen-bond acceptors (Lipinski definition) is 5. The molecule has 0 aliphatic heterocycles. The van der Waals surface area contributed by atoms with Crippen molar-refractivity contribution in [1.29, 1.82) is 5.26 Å². The van der Waals surface area contributed by atoms with Crippen molar-refractivity contribution in [1.82, 2.24) is 0 Å². The molecule has 0 saturated heterocycles. The van der Waals surface area contributed by atoms with E-state index in [2.05, 4.69) is 4.74 Å². The van der Waals surface area contributed by atoms with Gasteiger partial charge in [-0.1, -0.05) is 0 Å². The van der Waals surface area contributed by atoms with Crippen LogP contribution in [0.4, 0.5) is 13.2 Å². The van der Waals surface area contributed by atoms with E-state index in [1.165, 1.54) is 6.07 Å². The van der Waals surface area contributed by atoms with Crippen molar-refractivity contribution in [2.75, 3.05) is 13.7 Å². The molecule has 1 rings (SSSR count). The Morgan fingerprint density at radius 1 is 1.40 bits per heavy atom. The number of methoxy groups -OCH3 is 1. The highest BCUT2D eigenvalue weighted by atomic mass is 19.4. The summed E-state index contributed by atoms with van der Waals surface area (Å²) in [5.74, 6) is -1.88. The summed E-state index contributed by atoms with van der Waals surface area (Å²) < 4.78 is 49.9. The molecule has 0 bridgehead atoms. The lowest BCUT2D eigenvalue weighted by Gasteiger charge is -2.14.